The number of benzene rings is 1. The lowest BCUT2D eigenvalue weighted by atomic mass is 9.90. The molecule has 8 nitrogen and oxygen atoms in total. The van der Waals surface area contributed by atoms with E-state index in [-0.39, 0.29) is 35.7 Å². The minimum Gasteiger partial charge on any atom is -0.457 e. The molecule has 1 aliphatic rings. The zero-order chi connectivity index (χ0) is 30.2. The van der Waals surface area contributed by atoms with Gasteiger partial charge >= 0.3 is 18.4 Å². The van der Waals surface area contributed by atoms with Gasteiger partial charge in [-0.2, -0.15) is 26.3 Å². The van der Waals surface area contributed by atoms with Crippen molar-refractivity contribution in [1.82, 2.24) is 20.2 Å². The third-order valence-corrected chi connectivity index (χ3v) is 6.67. The number of imide groups is 1. The lowest BCUT2D eigenvalue weighted by Gasteiger charge is -2.33. The van der Waals surface area contributed by atoms with Gasteiger partial charge in [0, 0.05) is 35.8 Å². The maximum atomic E-state index is 13.4. The highest BCUT2D eigenvalue weighted by Crippen LogP contribution is 2.50. The molecule has 0 bridgehead atoms. The fourth-order valence-electron chi connectivity index (χ4n) is 4.45. The molecule has 0 aliphatic carbocycles. The molecule has 1 saturated heterocycles. The number of alkyl halides is 6. The van der Waals surface area contributed by atoms with Gasteiger partial charge in [-0.25, -0.2) is 4.79 Å². The summed E-state index contributed by atoms with van der Waals surface area (Å²) < 4.78 is 86.1. The van der Waals surface area contributed by atoms with Crippen molar-refractivity contribution in [3.05, 3.63) is 83.4 Å². The quantitative estimate of drug-likeness (QED) is 0.269. The molecule has 3 heterocycles. The molecule has 1 fully saturated rings. The number of aromatic nitrogens is 2. The van der Waals surface area contributed by atoms with Crippen molar-refractivity contribution in [1.29, 1.82) is 0 Å². The van der Waals surface area contributed by atoms with Gasteiger partial charge in [-0.15, -0.1) is 0 Å². The Morgan fingerprint density at radius 2 is 1.73 bits per heavy atom. The molecule has 14 heteroatoms. The van der Waals surface area contributed by atoms with Crippen LogP contribution in [0.3, 0.4) is 0 Å². The minimum absolute atomic E-state index is 0.00313. The summed E-state index contributed by atoms with van der Waals surface area (Å²) in [6, 6.07) is 7.41. The van der Waals surface area contributed by atoms with E-state index in [9.17, 15) is 41.0 Å². The Hall–Kier alpha value is -4.20. The van der Waals surface area contributed by atoms with Crippen LogP contribution in [0.25, 0.3) is 0 Å². The first kappa shape index (κ1) is 29.8. The van der Waals surface area contributed by atoms with E-state index in [4.69, 9.17) is 4.74 Å². The fourth-order valence-corrected chi connectivity index (χ4v) is 4.45. The van der Waals surface area contributed by atoms with E-state index in [1.807, 2.05) is 0 Å². The molecule has 1 unspecified atom stereocenters. The van der Waals surface area contributed by atoms with Crippen LogP contribution in [0.5, 0.6) is 11.5 Å². The average molecular weight is 583 g/mol. The van der Waals surface area contributed by atoms with Crippen LogP contribution >= 0.6 is 0 Å². The lowest BCUT2D eigenvalue weighted by molar-refractivity contribution is -0.376. The fraction of sp³-hybridized carbons (Fsp3) is 0.333. The number of urea groups is 1. The van der Waals surface area contributed by atoms with Crippen LogP contribution < -0.4 is 10.1 Å². The van der Waals surface area contributed by atoms with E-state index in [0.29, 0.717) is 24.1 Å². The maximum Gasteiger partial charge on any atom is 0.430 e. The van der Waals surface area contributed by atoms with Crippen LogP contribution in [0.2, 0.25) is 0 Å². The van der Waals surface area contributed by atoms with Crippen molar-refractivity contribution in [2.75, 3.05) is 0 Å². The van der Waals surface area contributed by atoms with E-state index in [2.05, 4.69) is 15.3 Å². The summed E-state index contributed by atoms with van der Waals surface area (Å²) in [6.07, 6.45) is -7.37. The first-order chi connectivity index (χ1) is 19.1. The van der Waals surface area contributed by atoms with Gasteiger partial charge in [0.15, 0.2) is 0 Å². The number of aryl methyl sites for hydroxylation is 1. The SMILES string of the molecule is CCCc1cc(C(O)(C(F)(F)F)C(F)(F)F)ccc1Oc1ccnc(CN2C(=O)NC(C)(c3cccnc3)C2=O)c1. The molecule has 1 atom stereocenters. The molecule has 0 saturated carbocycles. The summed E-state index contributed by atoms with van der Waals surface area (Å²) in [6.45, 7) is 2.95. The van der Waals surface area contributed by atoms with Gasteiger partial charge in [-0.3, -0.25) is 19.7 Å². The Bertz CT molecular complexity index is 1430. The van der Waals surface area contributed by atoms with Gasteiger partial charge in [0.1, 0.15) is 17.0 Å². The second-order valence-corrected chi connectivity index (χ2v) is 9.55. The zero-order valence-electron chi connectivity index (χ0n) is 21.7. The first-order valence-electron chi connectivity index (χ1n) is 12.3. The van der Waals surface area contributed by atoms with Crippen LogP contribution in [0.4, 0.5) is 31.1 Å². The summed E-state index contributed by atoms with van der Waals surface area (Å²) >= 11 is 0. The minimum atomic E-state index is -6.02. The molecular formula is C27H24F6N4O4. The molecule has 3 aromatic rings. The standard InChI is InChI=1S/C27H24F6N4O4/c1-3-5-16-12-17(25(40,26(28,29)30)27(31,32)33)7-8-21(16)41-20-9-11-35-19(13-20)15-37-22(38)24(2,36-23(37)39)18-6-4-10-34-14-18/h4,6-14,40H,3,5,15H2,1-2H3,(H,36,39). The van der Waals surface area contributed by atoms with Crippen molar-refractivity contribution in [3.8, 4) is 11.5 Å². The van der Waals surface area contributed by atoms with Gasteiger partial charge in [0.25, 0.3) is 11.5 Å². The number of halogens is 6. The van der Waals surface area contributed by atoms with E-state index >= 15 is 0 Å². The summed E-state index contributed by atoms with van der Waals surface area (Å²) in [5.41, 5.74) is -7.13. The van der Waals surface area contributed by atoms with Crippen molar-refractivity contribution < 1.29 is 45.8 Å². The Labute approximate surface area is 230 Å². The molecule has 1 aliphatic heterocycles. The third-order valence-electron chi connectivity index (χ3n) is 6.67. The number of hydrogen-bond donors (Lipinski definition) is 2. The Kier molecular flexibility index (Phi) is 7.74. The van der Waals surface area contributed by atoms with Gasteiger partial charge in [-0.05, 0) is 43.2 Å². The van der Waals surface area contributed by atoms with E-state index < -0.39 is 41.0 Å². The molecule has 0 spiro atoms. The number of aliphatic hydroxyl groups is 1. The third kappa shape index (κ3) is 5.43. The second kappa shape index (κ2) is 10.7. The van der Waals surface area contributed by atoms with Crippen molar-refractivity contribution >= 4 is 11.9 Å². The highest BCUT2D eigenvalue weighted by Gasteiger charge is 2.71. The van der Waals surface area contributed by atoms with Crippen LogP contribution in [-0.2, 0) is 28.9 Å². The van der Waals surface area contributed by atoms with Gasteiger partial charge in [0.05, 0.1) is 12.2 Å². The number of hydrogen-bond acceptors (Lipinski definition) is 6. The van der Waals surface area contributed by atoms with Crippen molar-refractivity contribution in [2.45, 2.75) is 56.7 Å². The average Bonchev–Trinajstić information content (AvgIpc) is 3.12. The topological polar surface area (TPSA) is 105 Å². The molecule has 2 aromatic heterocycles. The predicted molar refractivity (Wildman–Crippen MR) is 131 cm³/mol. The van der Waals surface area contributed by atoms with Gasteiger partial charge in [0.2, 0.25) is 0 Å². The molecule has 41 heavy (non-hydrogen) atoms. The van der Waals surface area contributed by atoms with Crippen LogP contribution in [0, 0.1) is 0 Å². The van der Waals surface area contributed by atoms with Crippen LogP contribution in [0.1, 0.15) is 42.7 Å². The number of nitrogens with one attached hydrogen (secondary N) is 1. The zero-order valence-corrected chi connectivity index (χ0v) is 21.7. The first-order valence-corrected chi connectivity index (χ1v) is 12.3. The Morgan fingerprint density at radius 1 is 1.02 bits per heavy atom. The van der Waals surface area contributed by atoms with Crippen molar-refractivity contribution in [3.63, 3.8) is 0 Å². The molecule has 3 amide bonds. The Balaban J connectivity index is 1.60. The molecule has 4 rings (SSSR count). The lowest BCUT2D eigenvalue weighted by Crippen LogP contribution is -2.53. The van der Waals surface area contributed by atoms with Gasteiger partial charge < -0.3 is 15.2 Å². The highest BCUT2D eigenvalue weighted by molar-refractivity contribution is 6.07. The molecule has 218 valence electrons. The molecule has 0 radical (unpaired) electrons. The summed E-state index contributed by atoms with van der Waals surface area (Å²) in [7, 11) is 0. The normalized spacial score (nSPS) is 18.0. The molecular weight excluding hydrogens is 558 g/mol. The largest absolute Gasteiger partial charge is 0.457 e. The monoisotopic (exact) mass is 582 g/mol. The number of pyridine rings is 2. The molecule has 1 aromatic carbocycles. The number of ether oxygens (including phenoxy) is 1. The predicted octanol–water partition coefficient (Wildman–Crippen LogP) is 5.50. The van der Waals surface area contributed by atoms with E-state index in [0.717, 1.165) is 11.0 Å². The Morgan fingerprint density at radius 3 is 2.34 bits per heavy atom. The van der Waals surface area contributed by atoms with Crippen molar-refractivity contribution in [2.24, 2.45) is 0 Å². The van der Waals surface area contributed by atoms with Crippen LogP contribution in [0.15, 0.2) is 61.1 Å². The van der Waals surface area contributed by atoms with Crippen LogP contribution in [-0.4, -0.2) is 44.3 Å². The molecule has 2 N–H and O–H groups in total. The summed E-state index contributed by atoms with van der Waals surface area (Å²) in [4.78, 5) is 34.9. The highest BCUT2D eigenvalue weighted by atomic mass is 19.4. The number of carbonyl (C=O) groups excluding carboxylic acids is 2. The maximum absolute atomic E-state index is 13.4. The second-order valence-electron chi connectivity index (χ2n) is 9.55. The number of nitrogens with zero attached hydrogens (tertiary/aromatic N) is 3. The summed E-state index contributed by atoms with van der Waals surface area (Å²) in [5.74, 6) is -0.492. The number of amides is 3. The summed E-state index contributed by atoms with van der Waals surface area (Å²) in [5, 5.41) is 12.4. The number of rotatable bonds is 8. The smallest absolute Gasteiger partial charge is 0.430 e. The van der Waals surface area contributed by atoms with E-state index in [1.165, 1.54) is 37.6 Å². The van der Waals surface area contributed by atoms with Gasteiger partial charge in [-0.1, -0.05) is 25.5 Å². The van der Waals surface area contributed by atoms with E-state index in [1.54, 1.807) is 19.1 Å². The number of carbonyl (C=O) groups is 2.